The number of nitrogens with one attached hydrogen (secondary N) is 1. The quantitative estimate of drug-likeness (QED) is 0.773. The molecule has 0 aliphatic heterocycles. The summed E-state index contributed by atoms with van der Waals surface area (Å²) in [7, 11) is 0. The van der Waals surface area contributed by atoms with Gasteiger partial charge in [0.05, 0.1) is 6.26 Å². The fourth-order valence-corrected chi connectivity index (χ4v) is 1.87. The van der Waals surface area contributed by atoms with Crippen molar-refractivity contribution in [3.63, 3.8) is 0 Å². The highest BCUT2D eigenvalue weighted by molar-refractivity contribution is 5.20. The Hall–Kier alpha value is -0.760. The van der Waals surface area contributed by atoms with E-state index < -0.39 is 0 Å². The molecule has 1 aromatic heterocycles. The summed E-state index contributed by atoms with van der Waals surface area (Å²) >= 11 is 0. The Morgan fingerprint density at radius 2 is 2.07 bits per heavy atom. The van der Waals surface area contributed by atoms with E-state index in [1.807, 2.05) is 6.92 Å². The van der Waals surface area contributed by atoms with Gasteiger partial charge in [0.25, 0.3) is 0 Å². The van der Waals surface area contributed by atoms with Crippen LogP contribution in [0.4, 0.5) is 0 Å². The predicted octanol–water partition coefficient (Wildman–Crippen LogP) is 3.67. The standard InChI is InChI=1S/C13H23NO/c1-5-14-13(7-6-10(2)3)12-8-9-15-11(12)4/h8-10,13-14H,5-7H2,1-4H3. The summed E-state index contributed by atoms with van der Waals surface area (Å²) in [6, 6.07) is 2.54. The molecule has 2 heteroatoms. The first-order valence-corrected chi connectivity index (χ1v) is 5.92. The predicted molar refractivity (Wildman–Crippen MR) is 63.9 cm³/mol. The Morgan fingerprint density at radius 1 is 1.33 bits per heavy atom. The molecule has 15 heavy (non-hydrogen) atoms. The Kier molecular flexibility index (Phi) is 4.89. The molecule has 1 rings (SSSR count). The van der Waals surface area contributed by atoms with Gasteiger partial charge in [0.15, 0.2) is 0 Å². The number of hydrogen-bond acceptors (Lipinski definition) is 2. The third-order valence-electron chi connectivity index (χ3n) is 2.76. The van der Waals surface area contributed by atoms with Gasteiger partial charge < -0.3 is 9.73 Å². The van der Waals surface area contributed by atoms with E-state index in [1.54, 1.807) is 6.26 Å². The van der Waals surface area contributed by atoms with Crippen LogP contribution in [0.1, 0.15) is 51.0 Å². The molecule has 0 saturated carbocycles. The Balaban J connectivity index is 2.61. The highest BCUT2D eigenvalue weighted by Gasteiger charge is 2.14. The van der Waals surface area contributed by atoms with Crippen LogP contribution < -0.4 is 5.32 Å². The molecule has 0 aliphatic rings. The van der Waals surface area contributed by atoms with Gasteiger partial charge in [-0.15, -0.1) is 0 Å². The number of rotatable bonds is 6. The van der Waals surface area contributed by atoms with Crippen molar-refractivity contribution in [3.8, 4) is 0 Å². The zero-order valence-electron chi connectivity index (χ0n) is 10.3. The van der Waals surface area contributed by atoms with Crippen LogP contribution in [0.2, 0.25) is 0 Å². The van der Waals surface area contributed by atoms with Crippen molar-refractivity contribution < 1.29 is 4.42 Å². The molecular weight excluding hydrogens is 186 g/mol. The second-order valence-corrected chi connectivity index (χ2v) is 4.51. The lowest BCUT2D eigenvalue weighted by Gasteiger charge is -2.18. The topological polar surface area (TPSA) is 25.2 Å². The summed E-state index contributed by atoms with van der Waals surface area (Å²) in [5.41, 5.74) is 1.32. The average molecular weight is 209 g/mol. The minimum atomic E-state index is 0.455. The van der Waals surface area contributed by atoms with Gasteiger partial charge in [0.2, 0.25) is 0 Å². The van der Waals surface area contributed by atoms with Crippen LogP contribution in [0.25, 0.3) is 0 Å². The van der Waals surface area contributed by atoms with Crippen LogP contribution in [0, 0.1) is 12.8 Å². The third-order valence-corrected chi connectivity index (χ3v) is 2.76. The van der Waals surface area contributed by atoms with E-state index in [0.717, 1.165) is 18.2 Å². The molecule has 2 nitrogen and oxygen atoms in total. The molecule has 0 saturated heterocycles. The Bertz CT molecular complexity index is 278. The minimum Gasteiger partial charge on any atom is -0.469 e. The van der Waals surface area contributed by atoms with Gasteiger partial charge in [0.1, 0.15) is 5.76 Å². The smallest absolute Gasteiger partial charge is 0.105 e. The van der Waals surface area contributed by atoms with Crippen molar-refractivity contribution in [1.29, 1.82) is 0 Å². The molecule has 1 N–H and O–H groups in total. The molecule has 0 amide bonds. The molecule has 0 spiro atoms. The largest absolute Gasteiger partial charge is 0.469 e. The number of aryl methyl sites for hydroxylation is 1. The lowest BCUT2D eigenvalue weighted by atomic mass is 9.98. The summed E-state index contributed by atoms with van der Waals surface area (Å²) in [5.74, 6) is 1.81. The van der Waals surface area contributed by atoms with E-state index in [4.69, 9.17) is 4.42 Å². The van der Waals surface area contributed by atoms with Gasteiger partial charge >= 0.3 is 0 Å². The zero-order chi connectivity index (χ0) is 11.3. The highest BCUT2D eigenvalue weighted by atomic mass is 16.3. The lowest BCUT2D eigenvalue weighted by molar-refractivity contribution is 0.438. The van der Waals surface area contributed by atoms with E-state index in [2.05, 4.69) is 32.2 Å². The highest BCUT2D eigenvalue weighted by Crippen LogP contribution is 2.24. The maximum absolute atomic E-state index is 5.36. The van der Waals surface area contributed by atoms with Gasteiger partial charge in [0, 0.05) is 11.6 Å². The molecule has 0 radical (unpaired) electrons. The van der Waals surface area contributed by atoms with E-state index in [9.17, 15) is 0 Å². The van der Waals surface area contributed by atoms with Crippen molar-refractivity contribution in [1.82, 2.24) is 5.32 Å². The Morgan fingerprint density at radius 3 is 2.53 bits per heavy atom. The van der Waals surface area contributed by atoms with Gasteiger partial charge in [-0.05, 0) is 38.3 Å². The van der Waals surface area contributed by atoms with Crippen molar-refractivity contribution in [2.45, 2.75) is 46.6 Å². The summed E-state index contributed by atoms with van der Waals surface area (Å²) < 4.78 is 5.36. The fourth-order valence-electron chi connectivity index (χ4n) is 1.87. The van der Waals surface area contributed by atoms with Gasteiger partial charge in [-0.1, -0.05) is 20.8 Å². The monoisotopic (exact) mass is 209 g/mol. The maximum atomic E-state index is 5.36. The van der Waals surface area contributed by atoms with Crippen molar-refractivity contribution >= 4 is 0 Å². The number of hydrogen-bond donors (Lipinski definition) is 1. The number of furan rings is 1. The molecule has 86 valence electrons. The van der Waals surface area contributed by atoms with E-state index in [1.165, 1.54) is 18.4 Å². The second-order valence-electron chi connectivity index (χ2n) is 4.51. The Labute approximate surface area is 93.1 Å². The molecule has 0 bridgehead atoms. The first-order valence-electron chi connectivity index (χ1n) is 5.92. The summed E-state index contributed by atoms with van der Waals surface area (Å²) in [6.07, 6.45) is 4.22. The minimum absolute atomic E-state index is 0.455. The molecule has 1 atom stereocenters. The molecule has 1 heterocycles. The van der Waals surface area contributed by atoms with Crippen LogP contribution in [0.5, 0.6) is 0 Å². The molecule has 1 unspecified atom stereocenters. The summed E-state index contributed by atoms with van der Waals surface area (Å²) in [5, 5.41) is 3.52. The van der Waals surface area contributed by atoms with Gasteiger partial charge in [-0.2, -0.15) is 0 Å². The molecule has 0 aliphatic carbocycles. The first kappa shape index (κ1) is 12.3. The van der Waals surface area contributed by atoms with Gasteiger partial charge in [-0.3, -0.25) is 0 Å². The van der Waals surface area contributed by atoms with Crippen LogP contribution in [-0.4, -0.2) is 6.54 Å². The van der Waals surface area contributed by atoms with Crippen LogP contribution in [0.3, 0.4) is 0 Å². The van der Waals surface area contributed by atoms with Gasteiger partial charge in [-0.25, -0.2) is 0 Å². The molecule has 1 aromatic rings. The third kappa shape index (κ3) is 3.71. The summed E-state index contributed by atoms with van der Waals surface area (Å²) in [6.45, 7) is 9.73. The summed E-state index contributed by atoms with van der Waals surface area (Å²) in [4.78, 5) is 0. The second kappa shape index (κ2) is 5.96. The lowest BCUT2D eigenvalue weighted by Crippen LogP contribution is -2.21. The van der Waals surface area contributed by atoms with Crippen molar-refractivity contribution in [2.24, 2.45) is 5.92 Å². The van der Waals surface area contributed by atoms with Crippen LogP contribution in [-0.2, 0) is 0 Å². The fraction of sp³-hybridized carbons (Fsp3) is 0.692. The van der Waals surface area contributed by atoms with E-state index >= 15 is 0 Å². The SMILES string of the molecule is CCNC(CCC(C)C)c1ccoc1C. The van der Waals surface area contributed by atoms with Crippen molar-refractivity contribution in [2.75, 3.05) is 6.54 Å². The normalized spacial score (nSPS) is 13.4. The maximum Gasteiger partial charge on any atom is 0.105 e. The van der Waals surface area contributed by atoms with E-state index in [0.29, 0.717) is 6.04 Å². The molecule has 0 aromatic carbocycles. The van der Waals surface area contributed by atoms with E-state index in [-0.39, 0.29) is 0 Å². The molecule has 0 fully saturated rings. The average Bonchev–Trinajstić information content (AvgIpc) is 2.59. The first-order chi connectivity index (χ1) is 7.15. The zero-order valence-corrected chi connectivity index (χ0v) is 10.3. The van der Waals surface area contributed by atoms with Crippen LogP contribution >= 0.6 is 0 Å². The van der Waals surface area contributed by atoms with Crippen LogP contribution in [0.15, 0.2) is 16.7 Å². The van der Waals surface area contributed by atoms with Crippen molar-refractivity contribution in [3.05, 3.63) is 23.7 Å². The molecular formula is C13H23NO.